The Morgan fingerprint density at radius 1 is 1.42 bits per heavy atom. The molecular weight excluding hydrogens is 342 g/mol. The number of nitrogens with one attached hydrogen (secondary N) is 2. The number of rotatable bonds is 4. The second kappa shape index (κ2) is 6.37. The molecule has 2 N–H and O–H groups in total. The smallest absolute Gasteiger partial charge is 0.248 e. The molecule has 1 aliphatic heterocycles. The van der Waals surface area contributed by atoms with E-state index in [1.165, 1.54) is 28.0 Å². The first-order valence-corrected chi connectivity index (χ1v) is 9.34. The molecule has 0 saturated carbocycles. The van der Waals surface area contributed by atoms with Crippen LogP contribution in [0.5, 0.6) is 0 Å². The molecule has 8 heteroatoms. The molecule has 6 nitrogen and oxygen atoms in total. The minimum absolute atomic E-state index is 0.0776. The lowest BCUT2D eigenvalue weighted by molar-refractivity contribution is -0.116. The first kappa shape index (κ1) is 15.3. The van der Waals surface area contributed by atoms with Gasteiger partial charge in [-0.15, -0.1) is 11.3 Å². The maximum Gasteiger partial charge on any atom is 0.248 e. The van der Waals surface area contributed by atoms with E-state index in [4.69, 9.17) is 5.41 Å². The van der Waals surface area contributed by atoms with Crippen LogP contribution in [0.15, 0.2) is 42.1 Å². The van der Waals surface area contributed by atoms with Gasteiger partial charge < -0.3 is 0 Å². The van der Waals surface area contributed by atoms with E-state index in [1.807, 2.05) is 17.5 Å². The van der Waals surface area contributed by atoms with Crippen molar-refractivity contribution in [3.8, 4) is 0 Å². The van der Waals surface area contributed by atoms with Crippen molar-refractivity contribution in [2.24, 2.45) is 0 Å². The van der Waals surface area contributed by atoms with Crippen molar-refractivity contribution >= 4 is 39.3 Å². The minimum atomic E-state index is -0.305. The van der Waals surface area contributed by atoms with Gasteiger partial charge in [-0.1, -0.05) is 36.1 Å². The van der Waals surface area contributed by atoms with Crippen LogP contribution in [0.1, 0.15) is 23.6 Å². The van der Waals surface area contributed by atoms with E-state index >= 15 is 0 Å². The molecule has 0 bridgehead atoms. The summed E-state index contributed by atoms with van der Waals surface area (Å²) in [6, 6.07) is 0. The molecule has 0 aromatic carbocycles. The topological polar surface area (TPSA) is 85.7 Å². The van der Waals surface area contributed by atoms with E-state index in [1.54, 1.807) is 12.4 Å². The summed E-state index contributed by atoms with van der Waals surface area (Å²) in [5.41, 5.74) is 2.10. The second-order valence-corrected chi connectivity index (χ2v) is 7.63. The lowest BCUT2D eigenvalue weighted by Crippen LogP contribution is -2.32. The number of hydrogen-bond acceptors (Lipinski definition) is 6. The number of carbonyl (C=O) groups is 1. The molecule has 2 aromatic heterocycles. The van der Waals surface area contributed by atoms with E-state index in [-0.39, 0.29) is 22.2 Å². The minimum Gasteiger partial charge on any atom is -0.282 e. The summed E-state index contributed by atoms with van der Waals surface area (Å²) in [4.78, 5) is 18.3. The summed E-state index contributed by atoms with van der Waals surface area (Å²) >= 11 is 2.65. The number of hydrogen-bond donors (Lipinski definition) is 2. The number of aromatic amines is 1. The third kappa shape index (κ3) is 2.71. The molecule has 1 saturated heterocycles. The van der Waals surface area contributed by atoms with E-state index in [0.717, 1.165) is 17.7 Å². The van der Waals surface area contributed by atoms with Gasteiger partial charge in [0, 0.05) is 23.2 Å². The number of nitrogens with zero attached hydrogens (tertiary/aromatic N) is 3. The van der Waals surface area contributed by atoms with Crippen molar-refractivity contribution in [1.29, 1.82) is 5.41 Å². The van der Waals surface area contributed by atoms with E-state index in [9.17, 15) is 4.79 Å². The van der Waals surface area contributed by atoms with E-state index in [0.29, 0.717) is 11.6 Å². The Kier molecular flexibility index (Phi) is 4.07. The zero-order valence-electron chi connectivity index (χ0n) is 12.7. The zero-order valence-corrected chi connectivity index (χ0v) is 14.3. The van der Waals surface area contributed by atoms with Gasteiger partial charge in [0.2, 0.25) is 5.91 Å². The van der Waals surface area contributed by atoms with Gasteiger partial charge >= 0.3 is 0 Å². The molecule has 1 fully saturated rings. The predicted molar refractivity (Wildman–Crippen MR) is 96.6 cm³/mol. The largest absolute Gasteiger partial charge is 0.282 e. The van der Waals surface area contributed by atoms with E-state index in [2.05, 4.69) is 27.3 Å². The average molecular weight is 357 g/mol. The molecule has 4 rings (SSSR count). The molecule has 2 unspecified atom stereocenters. The van der Waals surface area contributed by atoms with Crippen LogP contribution in [-0.2, 0) is 11.2 Å². The van der Waals surface area contributed by atoms with Crippen molar-refractivity contribution in [2.45, 2.75) is 24.0 Å². The van der Waals surface area contributed by atoms with Gasteiger partial charge in [-0.2, -0.15) is 5.10 Å². The lowest BCUT2D eigenvalue weighted by atomic mass is 9.93. The van der Waals surface area contributed by atoms with Crippen LogP contribution < -0.4 is 4.90 Å². The molecule has 0 spiro atoms. The highest BCUT2D eigenvalue weighted by Crippen LogP contribution is 2.35. The number of aromatic nitrogens is 3. The fourth-order valence-corrected chi connectivity index (χ4v) is 4.65. The molecule has 1 aliphatic carbocycles. The molecule has 1 amide bonds. The van der Waals surface area contributed by atoms with Gasteiger partial charge in [-0.25, -0.2) is 9.88 Å². The predicted octanol–water partition coefficient (Wildman–Crippen LogP) is 3.09. The molecule has 3 heterocycles. The lowest BCUT2D eigenvalue weighted by Gasteiger charge is -2.15. The molecule has 2 aliphatic rings. The Balaban J connectivity index is 1.54. The highest BCUT2D eigenvalue weighted by Gasteiger charge is 2.40. The number of thioether (sulfide) groups is 1. The number of thiazole rings is 1. The quantitative estimate of drug-likeness (QED) is 0.880. The molecule has 2 atom stereocenters. The van der Waals surface area contributed by atoms with Gasteiger partial charge in [0.05, 0.1) is 11.4 Å². The Bertz CT molecular complexity index is 823. The number of amides is 1. The molecule has 122 valence electrons. The average Bonchev–Trinajstić information content (AvgIpc) is 3.31. The fraction of sp³-hybridized carbons (Fsp3) is 0.250. The first-order chi connectivity index (χ1) is 11.7. The van der Waals surface area contributed by atoms with Crippen molar-refractivity contribution in [3.63, 3.8) is 0 Å². The first-order valence-electron chi connectivity index (χ1n) is 7.58. The molecule has 24 heavy (non-hydrogen) atoms. The summed E-state index contributed by atoms with van der Waals surface area (Å²) in [5, 5.41) is 17.7. The summed E-state index contributed by atoms with van der Waals surface area (Å²) in [6.07, 6.45) is 13.3. The van der Waals surface area contributed by atoms with Crippen LogP contribution in [-0.4, -0.2) is 31.5 Å². The van der Waals surface area contributed by atoms with Crippen LogP contribution in [0.3, 0.4) is 0 Å². The third-order valence-corrected chi connectivity index (χ3v) is 5.89. The van der Waals surface area contributed by atoms with Crippen LogP contribution >= 0.6 is 23.1 Å². The van der Waals surface area contributed by atoms with E-state index < -0.39 is 0 Å². The van der Waals surface area contributed by atoms with Crippen LogP contribution in [0.2, 0.25) is 0 Å². The number of anilines is 1. The molecule has 2 aromatic rings. The fourth-order valence-electron chi connectivity index (χ4n) is 2.92. The highest BCUT2D eigenvalue weighted by molar-refractivity contribution is 8.16. The summed E-state index contributed by atoms with van der Waals surface area (Å²) in [5.74, 6) is 0.190. The number of carbonyl (C=O) groups excluding carboxylic acids is 1. The Labute approximate surface area is 147 Å². The monoisotopic (exact) mass is 357 g/mol. The normalized spacial score (nSPS) is 23.4. The number of allylic oxidation sites excluding steroid dienone is 4. The number of amidine groups is 1. The Morgan fingerprint density at radius 2 is 2.33 bits per heavy atom. The van der Waals surface area contributed by atoms with Crippen molar-refractivity contribution < 1.29 is 4.79 Å². The maximum atomic E-state index is 12.7. The van der Waals surface area contributed by atoms with Gasteiger partial charge in [0.1, 0.15) is 0 Å². The SMILES string of the molecule is N=C1SC(Cc2cn[nH]c2C2C=CC=CC2)C(=O)N1c1nccs1. The summed E-state index contributed by atoms with van der Waals surface area (Å²) in [7, 11) is 0. The Hall–Kier alpha value is -2.19. The van der Waals surface area contributed by atoms with Crippen LogP contribution in [0, 0.1) is 5.41 Å². The van der Waals surface area contributed by atoms with Gasteiger partial charge in [0.15, 0.2) is 10.3 Å². The van der Waals surface area contributed by atoms with Crippen molar-refractivity contribution in [3.05, 3.63) is 53.3 Å². The van der Waals surface area contributed by atoms with Crippen molar-refractivity contribution in [1.82, 2.24) is 15.2 Å². The number of H-pyrrole nitrogens is 1. The van der Waals surface area contributed by atoms with Crippen molar-refractivity contribution in [2.75, 3.05) is 4.90 Å². The van der Waals surface area contributed by atoms with Crippen LogP contribution in [0.25, 0.3) is 0 Å². The third-order valence-electron chi connectivity index (χ3n) is 4.07. The Morgan fingerprint density at radius 3 is 3.08 bits per heavy atom. The summed E-state index contributed by atoms with van der Waals surface area (Å²) < 4.78 is 0. The van der Waals surface area contributed by atoms with Crippen LogP contribution in [0.4, 0.5) is 5.13 Å². The summed E-state index contributed by atoms with van der Waals surface area (Å²) in [6.45, 7) is 0. The maximum absolute atomic E-state index is 12.7. The van der Waals surface area contributed by atoms with Gasteiger partial charge in [-0.05, 0) is 18.4 Å². The standard InChI is InChI=1S/C16H15N5OS2/c17-15-21(16-18-6-7-23-16)14(22)12(24-15)8-11-9-19-20-13(11)10-4-2-1-3-5-10/h1-4,6-7,9-10,12,17H,5,8H2,(H,19,20). The molecule has 0 radical (unpaired) electrons. The van der Waals surface area contributed by atoms with Gasteiger partial charge in [0.25, 0.3) is 0 Å². The van der Waals surface area contributed by atoms with Gasteiger partial charge in [-0.3, -0.25) is 15.3 Å². The second-order valence-electron chi connectivity index (χ2n) is 5.57. The highest BCUT2D eigenvalue weighted by atomic mass is 32.2. The molecular formula is C16H15N5OS2. The zero-order chi connectivity index (χ0) is 16.5.